The van der Waals surface area contributed by atoms with Crippen molar-refractivity contribution in [3.05, 3.63) is 36.0 Å². The molecule has 0 heterocycles. The van der Waals surface area contributed by atoms with Crippen LogP contribution in [0.15, 0.2) is 36.0 Å². The predicted molar refractivity (Wildman–Crippen MR) is 59.6 cm³/mol. The summed E-state index contributed by atoms with van der Waals surface area (Å²) >= 11 is 0. The molecule has 0 saturated heterocycles. The van der Waals surface area contributed by atoms with Gasteiger partial charge in [-0.2, -0.15) is 0 Å². The van der Waals surface area contributed by atoms with Crippen LogP contribution in [0.25, 0.3) is 0 Å². The first-order valence-electron chi connectivity index (χ1n) is 5.05. The van der Waals surface area contributed by atoms with E-state index in [0.29, 0.717) is 11.8 Å². The van der Waals surface area contributed by atoms with Crippen molar-refractivity contribution < 1.29 is 0 Å². The highest BCUT2D eigenvalue weighted by atomic mass is 14.2. The Hall–Kier alpha value is -0.780. The summed E-state index contributed by atoms with van der Waals surface area (Å²) in [7, 11) is 0. The molecule has 0 spiro atoms. The molecule has 72 valence electrons. The third-order valence-electron chi connectivity index (χ3n) is 2.95. The molecule has 1 rings (SSSR count). The molecular formula is C13H20. The van der Waals surface area contributed by atoms with E-state index in [2.05, 4.69) is 40.0 Å². The highest BCUT2D eigenvalue weighted by Crippen LogP contribution is 2.34. The molecule has 0 N–H and O–H groups in total. The molecule has 0 aliphatic heterocycles. The lowest BCUT2D eigenvalue weighted by molar-refractivity contribution is 0.496. The molecule has 0 aromatic heterocycles. The molecule has 1 aliphatic rings. The van der Waals surface area contributed by atoms with Crippen molar-refractivity contribution in [2.24, 2.45) is 11.8 Å². The smallest absolute Gasteiger partial charge is 0.00225 e. The Kier molecular flexibility index (Phi) is 3.13. The van der Waals surface area contributed by atoms with Crippen LogP contribution in [0.1, 0.15) is 33.6 Å². The predicted octanol–water partition coefficient (Wildman–Crippen LogP) is 4.11. The monoisotopic (exact) mass is 176 g/mol. The first-order chi connectivity index (χ1) is 6.02. The van der Waals surface area contributed by atoms with Crippen LogP contribution in [0.4, 0.5) is 0 Å². The van der Waals surface area contributed by atoms with E-state index in [0.717, 1.165) is 0 Å². The Labute approximate surface area is 82.0 Å². The normalized spacial score (nSPS) is 28.1. The average molecular weight is 176 g/mol. The molecule has 13 heavy (non-hydrogen) atoms. The fourth-order valence-corrected chi connectivity index (χ4v) is 2.00. The van der Waals surface area contributed by atoms with Crippen molar-refractivity contribution in [3.63, 3.8) is 0 Å². The van der Waals surface area contributed by atoms with Crippen molar-refractivity contribution in [3.8, 4) is 0 Å². The van der Waals surface area contributed by atoms with Gasteiger partial charge in [-0.1, -0.05) is 37.3 Å². The van der Waals surface area contributed by atoms with E-state index in [4.69, 9.17) is 0 Å². The zero-order valence-electron chi connectivity index (χ0n) is 9.06. The van der Waals surface area contributed by atoms with Gasteiger partial charge in [0.2, 0.25) is 0 Å². The lowest BCUT2D eigenvalue weighted by Gasteiger charge is -2.27. The highest BCUT2D eigenvalue weighted by molar-refractivity contribution is 5.32. The Bertz CT molecular complexity index is 255. The molecule has 2 atom stereocenters. The zero-order chi connectivity index (χ0) is 10.0. The Morgan fingerprint density at radius 3 is 2.38 bits per heavy atom. The van der Waals surface area contributed by atoms with Crippen LogP contribution in [0.3, 0.4) is 0 Å². The quantitative estimate of drug-likeness (QED) is 0.555. The van der Waals surface area contributed by atoms with Crippen molar-refractivity contribution >= 4 is 0 Å². The van der Waals surface area contributed by atoms with E-state index >= 15 is 0 Å². The van der Waals surface area contributed by atoms with Crippen LogP contribution >= 0.6 is 0 Å². The maximum absolute atomic E-state index is 4.03. The summed E-state index contributed by atoms with van der Waals surface area (Å²) in [6.45, 7) is 14.6. The van der Waals surface area contributed by atoms with Gasteiger partial charge in [0.1, 0.15) is 0 Å². The maximum Gasteiger partial charge on any atom is -0.00225 e. The summed E-state index contributed by atoms with van der Waals surface area (Å²) in [6, 6.07) is 0. The molecule has 0 aromatic carbocycles. The first-order valence-corrected chi connectivity index (χ1v) is 5.05. The van der Waals surface area contributed by atoms with E-state index in [1.54, 1.807) is 0 Å². The molecule has 0 radical (unpaired) electrons. The van der Waals surface area contributed by atoms with Gasteiger partial charge in [-0.3, -0.25) is 0 Å². The van der Waals surface area contributed by atoms with Crippen molar-refractivity contribution in [2.75, 3.05) is 0 Å². The van der Waals surface area contributed by atoms with Crippen LogP contribution in [0, 0.1) is 11.8 Å². The largest absolute Gasteiger partial charge is 0.0995 e. The molecule has 0 amide bonds. The third-order valence-corrected chi connectivity index (χ3v) is 2.95. The van der Waals surface area contributed by atoms with Crippen LogP contribution in [-0.4, -0.2) is 0 Å². The second-order valence-electron chi connectivity index (χ2n) is 4.33. The SMILES string of the molecule is C=C(C)C1=CC(C(=C)C)CCC1C. The zero-order valence-corrected chi connectivity index (χ0v) is 9.06. The maximum atomic E-state index is 4.03. The average Bonchev–Trinajstić information content (AvgIpc) is 2.04. The Morgan fingerprint density at radius 1 is 1.31 bits per heavy atom. The van der Waals surface area contributed by atoms with Gasteiger partial charge in [-0.05, 0) is 44.1 Å². The second kappa shape index (κ2) is 3.95. The molecule has 0 nitrogen and oxygen atoms in total. The van der Waals surface area contributed by atoms with Gasteiger partial charge in [-0.15, -0.1) is 0 Å². The van der Waals surface area contributed by atoms with Gasteiger partial charge in [0, 0.05) is 0 Å². The summed E-state index contributed by atoms with van der Waals surface area (Å²) < 4.78 is 0. The van der Waals surface area contributed by atoms with Crippen molar-refractivity contribution in [1.29, 1.82) is 0 Å². The van der Waals surface area contributed by atoms with E-state index in [1.165, 1.54) is 29.6 Å². The minimum atomic E-state index is 0.586. The molecular weight excluding hydrogens is 156 g/mol. The van der Waals surface area contributed by atoms with Gasteiger partial charge < -0.3 is 0 Å². The van der Waals surface area contributed by atoms with Crippen molar-refractivity contribution in [2.45, 2.75) is 33.6 Å². The third kappa shape index (κ3) is 2.33. The summed E-state index contributed by atoms with van der Waals surface area (Å²) in [5.74, 6) is 1.27. The van der Waals surface area contributed by atoms with Crippen LogP contribution in [0.5, 0.6) is 0 Å². The fraction of sp³-hybridized carbons (Fsp3) is 0.538. The van der Waals surface area contributed by atoms with Crippen LogP contribution in [-0.2, 0) is 0 Å². The van der Waals surface area contributed by atoms with E-state index < -0.39 is 0 Å². The van der Waals surface area contributed by atoms with Gasteiger partial charge >= 0.3 is 0 Å². The van der Waals surface area contributed by atoms with Gasteiger partial charge in [0.05, 0.1) is 0 Å². The van der Waals surface area contributed by atoms with Crippen LogP contribution in [0.2, 0.25) is 0 Å². The molecule has 0 aromatic rings. The molecule has 0 bridgehead atoms. The molecule has 0 heteroatoms. The summed E-state index contributed by atoms with van der Waals surface area (Å²) in [6.07, 6.45) is 4.89. The fourth-order valence-electron chi connectivity index (χ4n) is 2.00. The van der Waals surface area contributed by atoms with Gasteiger partial charge in [0.15, 0.2) is 0 Å². The second-order valence-corrected chi connectivity index (χ2v) is 4.33. The highest BCUT2D eigenvalue weighted by Gasteiger charge is 2.19. The Morgan fingerprint density at radius 2 is 1.92 bits per heavy atom. The standard InChI is InChI=1S/C13H20/c1-9(2)12-7-6-11(5)13(8-12)10(3)4/h8,11-12H,1,3,6-7H2,2,4-5H3. The number of hydrogen-bond acceptors (Lipinski definition) is 0. The lowest BCUT2D eigenvalue weighted by Crippen LogP contribution is -2.13. The number of allylic oxidation sites excluding steroid dienone is 4. The van der Waals surface area contributed by atoms with E-state index in [1.807, 2.05) is 0 Å². The molecule has 2 unspecified atom stereocenters. The Balaban J connectivity index is 2.88. The minimum absolute atomic E-state index is 0.586. The van der Waals surface area contributed by atoms with E-state index in [-0.39, 0.29) is 0 Å². The van der Waals surface area contributed by atoms with E-state index in [9.17, 15) is 0 Å². The summed E-state index contributed by atoms with van der Waals surface area (Å²) in [5.41, 5.74) is 3.95. The lowest BCUT2D eigenvalue weighted by atomic mass is 9.79. The summed E-state index contributed by atoms with van der Waals surface area (Å²) in [5, 5.41) is 0. The number of hydrogen-bond donors (Lipinski definition) is 0. The molecule has 1 aliphatic carbocycles. The number of rotatable bonds is 2. The molecule has 0 saturated carbocycles. The summed E-state index contributed by atoms with van der Waals surface area (Å²) in [4.78, 5) is 0. The van der Waals surface area contributed by atoms with Gasteiger partial charge in [-0.25, -0.2) is 0 Å². The van der Waals surface area contributed by atoms with Gasteiger partial charge in [0.25, 0.3) is 0 Å². The first kappa shape index (κ1) is 10.3. The molecule has 0 fully saturated rings. The van der Waals surface area contributed by atoms with Crippen LogP contribution < -0.4 is 0 Å². The van der Waals surface area contributed by atoms with Crippen molar-refractivity contribution in [1.82, 2.24) is 0 Å². The topological polar surface area (TPSA) is 0 Å². The minimum Gasteiger partial charge on any atom is -0.0995 e.